The van der Waals surface area contributed by atoms with Gasteiger partial charge in [0, 0.05) is 19.0 Å². The van der Waals surface area contributed by atoms with Gasteiger partial charge in [0.15, 0.2) is 9.84 Å². The van der Waals surface area contributed by atoms with Gasteiger partial charge in [0.2, 0.25) is 0 Å². The van der Waals surface area contributed by atoms with Gasteiger partial charge in [-0.25, -0.2) is 13.4 Å². The van der Waals surface area contributed by atoms with Crippen molar-refractivity contribution in [1.29, 1.82) is 0 Å². The molecule has 1 heterocycles. The average Bonchev–Trinajstić information content (AvgIpc) is 2.27. The summed E-state index contributed by atoms with van der Waals surface area (Å²) in [5.74, 6) is -0.941. The standard InChI is InChI=1S/C11H14N2O4S/c1-3-7-13(8-10(14)15)11-9(18(2,16)17)5-4-6-12-11/h3-6H,1,7-8H2,2H3,(H,14,15). The highest BCUT2D eigenvalue weighted by molar-refractivity contribution is 7.90. The van der Waals surface area contributed by atoms with Gasteiger partial charge < -0.3 is 10.0 Å². The van der Waals surface area contributed by atoms with Gasteiger partial charge in [-0.3, -0.25) is 4.79 Å². The number of hydrogen-bond donors (Lipinski definition) is 1. The maximum absolute atomic E-state index is 11.6. The number of carboxylic acid groups (broad SMARTS) is 1. The summed E-state index contributed by atoms with van der Waals surface area (Å²) in [6, 6.07) is 2.89. The summed E-state index contributed by atoms with van der Waals surface area (Å²) in [5, 5.41) is 8.81. The molecular weight excluding hydrogens is 256 g/mol. The number of carbonyl (C=O) groups is 1. The van der Waals surface area contributed by atoms with E-state index in [-0.39, 0.29) is 23.8 Å². The smallest absolute Gasteiger partial charge is 0.323 e. The van der Waals surface area contributed by atoms with Crippen molar-refractivity contribution in [3.63, 3.8) is 0 Å². The summed E-state index contributed by atoms with van der Waals surface area (Å²) < 4.78 is 23.2. The zero-order chi connectivity index (χ0) is 13.8. The minimum atomic E-state index is -3.46. The lowest BCUT2D eigenvalue weighted by Gasteiger charge is -2.21. The van der Waals surface area contributed by atoms with E-state index in [1.165, 1.54) is 29.3 Å². The molecule has 0 fully saturated rings. The topological polar surface area (TPSA) is 87.6 Å². The van der Waals surface area contributed by atoms with E-state index >= 15 is 0 Å². The molecule has 0 aliphatic heterocycles. The Kier molecular flexibility index (Phi) is 4.43. The van der Waals surface area contributed by atoms with Crippen LogP contribution in [0, 0.1) is 0 Å². The summed E-state index contributed by atoms with van der Waals surface area (Å²) in [4.78, 5) is 16.1. The predicted octanol–water partition coefficient (Wildman–Crippen LogP) is 0.562. The molecule has 0 bridgehead atoms. The third kappa shape index (κ3) is 3.56. The Morgan fingerprint density at radius 3 is 2.78 bits per heavy atom. The molecule has 7 heteroatoms. The lowest BCUT2D eigenvalue weighted by molar-refractivity contribution is -0.135. The fraction of sp³-hybridized carbons (Fsp3) is 0.273. The fourth-order valence-corrected chi connectivity index (χ4v) is 2.29. The summed E-state index contributed by atoms with van der Waals surface area (Å²) in [5.41, 5.74) is 0. The number of hydrogen-bond acceptors (Lipinski definition) is 5. The number of sulfone groups is 1. The maximum Gasteiger partial charge on any atom is 0.323 e. The highest BCUT2D eigenvalue weighted by Gasteiger charge is 2.20. The molecular formula is C11H14N2O4S. The van der Waals surface area contributed by atoms with Crippen LogP contribution < -0.4 is 4.90 Å². The second kappa shape index (κ2) is 5.63. The van der Waals surface area contributed by atoms with Gasteiger partial charge >= 0.3 is 5.97 Å². The van der Waals surface area contributed by atoms with Crippen molar-refractivity contribution < 1.29 is 18.3 Å². The van der Waals surface area contributed by atoms with E-state index in [0.717, 1.165) is 6.26 Å². The van der Waals surface area contributed by atoms with Crippen LogP contribution in [0.3, 0.4) is 0 Å². The molecule has 0 spiro atoms. The molecule has 0 amide bonds. The van der Waals surface area contributed by atoms with E-state index in [9.17, 15) is 13.2 Å². The lowest BCUT2D eigenvalue weighted by Crippen LogP contribution is -2.31. The minimum Gasteiger partial charge on any atom is -0.480 e. The summed E-state index contributed by atoms with van der Waals surface area (Å²) >= 11 is 0. The number of anilines is 1. The predicted molar refractivity (Wildman–Crippen MR) is 67.4 cm³/mol. The van der Waals surface area contributed by atoms with E-state index in [2.05, 4.69) is 11.6 Å². The van der Waals surface area contributed by atoms with Crippen LogP contribution in [0.2, 0.25) is 0 Å². The largest absolute Gasteiger partial charge is 0.480 e. The van der Waals surface area contributed by atoms with Gasteiger partial charge in [-0.2, -0.15) is 0 Å². The maximum atomic E-state index is 11.6. The van der Waals surface area contributed by atoms with Crippen LogP contribution in [-0.2, 0) is 14.6 Å². The minimum absolute atomic E-state index is 0.00750. The van der Waals surface area contributed by atoms with Crippen LogP contribution in [0.5, 0.6) is 0 Å². The molecule has 1 rings (SSSR count). The van der Waals surface area contributed by atoms with Crippen molar-refractivity contribution in [2.75, 3.05) is 24.2 Å². The van der Waals surface area contributed by atoms with Crippen LogP contribution in [0.4, 0.5) is 5.82 Å². The molecule has 18 heavy (non-hydrogen) atoms. The third-order valence-corrected chi connectivity index (χ3v) is 3.24. The van der Waals surface area contributed by atoms with Crippen molar-refractivity contribution in [1.82, 2.24) is 4.98 Å². The second-order valence-corrected chi connectivity index (χ2v) is 5.64. The highest BCUT2D eigenvalue weighted by Crippen LogP contribution is 2.21. The van der Waals surface area contributed by atoms with Crippen molar-refractivity contribution >= 4 is 21.6 Å². The number of rotatable bonds is 6. The Morgan fingerprint density at radius 1 is 1.61 bits per heavy atom. The Bertz CT molecular complexity index is 554. The van der Waals surface area contributed by atoms with E-state index in [1.807, 2.05) is 0 Å². The van der Waals surface area contributed by atoms with E-state index in [1.54, 1.807) is 0 Å². The Labute approximate surface area is 105 Å². The van der Waals surface area contributed by atoms with Crippen molar-refractivity contribution in [3.05, 3.63) is 31.0 Å². The van der Waals surface area contributed by atoms with Gasteiger partial charge in [0.25, 0.3) is 0 Å². The first-order valence-electron chi connectivity index (χ1n) is 5.09. The summed E-state index contributed by atoms with van der Waals surface area (Å²) in [6.45, 7) is 3.37. The molecule has 0 saturated carbocycles. The second-order valence-electron chi connectivity index (χ2n) is 3.66. The van der Waals surface area contributed by atoms with Gasteiger partial charge in [0.05, 0.1) is 0 Å². The molecule has 6 nitrogen and oxygen atoms in total. The Hall–Kier alpha value is -1.89. The molecule has 1 aromatic heterocycles. The molecule has 1 aromatic rings. The SMILES string of the molecule is C=CCN(CC(=O)O)c1ncccc1S(C)(=O)=O. The van der Waals surface area contributed by atoms with Gasteiger partial charge in [-0.1, -0.05) is 6.08 Å². The number of carboxylic acids is 1. The van der Waals surface area contributed by atoms with Crippen molar-refractivity contribution in [2.45, 2.75) is 4.90 Å². The molecule has 0 aliphatic carbocycles. The number of pyridine rings is 1. The Morgan fingerprint density at radius 2 is 2.28 bits per heavy atom. The van der Waals surface area contributed by atoms with Crippen LogP contribution >= 0.6 is 0 Å². The Balaban J connectivity index is 3.27. The zero-order valence-electron chi connectivity index (χ0n) is 9.91. The molecule has 0 atom stereocenters. The molecule has 0 aliphatic rings. The fourth-order valence-electron chi connectivity index (χ4n) is 1.45. The summed E-state index contributed by atoms with van der Waals surface area (Å²) in [6.07, 6.45) is 3.96. The van der Waals surface area contributed by atoms with Crippen LogP contribution in [0.15, 0.2) is 35.9 Å². The average molecular weight is 270 g/mol. The normalized spacial score (nSPS) is 10.9. The number of aromatic nitrogens is 1. The first-order chi connectivity index (χ1) is 8.36. The lowest BCUT2D eigenvalue weighted by atomic mass is 10.4. The van der Waals surface area contributed by atoms with Crippen LogP contribution in [0.25, 0.3) is 0 Å². The first kappa shape index (κ1) is 14.2. The molecule has 0 aromatic carbocycles. The summed E-state index contributed by atoms with van der Waals surface area (Å²) in [7, 11) is -3.46. The van der Waals surface area contributed by atoms with Gasteiger partial charge in [0.1, 0.15) is 17.3 Å². The quantitative estimate of drug-likeness (QED) is 0.760. The van der Waals surface area contributed by atoms with E-state index in [0.29, 0.717) is 0 Å². The van der Waals surface area contributed by atoms with Gasteiger partial charge in [-0.15, -0.1) is 6.58 Å². The first-order valence-corrected chi connectivity index (χ1v) is 6.98. The van der Waals surface area contributed by atoms with E-state index in [4.69, 9.17) is 5.11 Å². The van der Waals surface area contributed by atoms with Crippen molar-refractivity contribution in [2.24, 2.45) is 0 Å². The van der Waals surface area contributed by atoms with Crippen LogP contribution in [0.1, 0.15) is 0 Å². The van der Waals surface area contributed by atoms with Gasteiger partial charge in [-0.05, 0) is 12.1 Å². The highest BCUT2D eigenvalue weighted by atomic mass is 32.2. The van der Waals surface area contributed by atoms with Crippen LogP contribution in [-0.4, -0.2) is 43.8 Å². The molecule has 0 unspecified atom stereocenters. The number of nitrogens with zero attached hydrogens (tertiary/aromatic N) is 2. The van der Waals surface area contributed by atoms with Crippen molar-refractivity contribution in [3.8, 4) is 0 Å². The zero-order valence-corrected chi connectivity index (χ0v) is 10.7. The number of aliphatic carboxylic acids is 1. The third-order valence-electron chi connectivity index (χ3n) is 2.13. The molecule has 1 N–H and O–H groups in total. The molecule has 0 radical (unpaired) electrons. The van der Waals surface area contributed by atoms with E-state index < -0.39 is 15.8 Å². The monoisotopic (exact) mass is 270 g/mol. The molecule has 0 saturated heterocycles. The molecule has 98 valence electrons.